The van der Waals surface area contributed by atoms with Gasteiger partial charge >= 0.3 is 0 Å². The standard InChI is InChI=1S/C24H18Cl2N2O3/c1-30-22-12-16(7-10-21(22)31-14-15-5-3-2-4-6-15)11-19(26)23-27-20-13-17(25)8-9-18(20)24(29)28-23/h2-13H,14H2,1H3,(H,27,28,29)/b19-11-. The van der Waals surface area contributed by atoms with E-state index in [1.54, 1.807) is 37.5 Å². The van der Waals surface area contributed by atoms with Gasteiger partial charge in [0.05, 0.1) is 23.0 Å². The Bertz CT molecular complexity index is 1320. The van der Waals surface area contributed by atoms with Gasteiger partial charge in [0.25, 0.3) is 5.56 Å². The van der Waals surface area contributed by atoms with Crippen LogP contribution >= 0.6 is 23.2 Å². The summed E-state index contributed by atoms with van der Waals surface area (Å²) in [5, 5.41) is 1.21. The molecule has 1 N–H and O–H groups in total. The van der Waals surface area contributed by atoms with Gasteiger partial charge in [0, 0.05) is 5.02 Å². The van der Waals surface area contributed by atoms with Gasteiger partial charge in [0.1, 0.15) is 6.61 Å². The Balaban J connectivity index is 1.60. The average Bonchev–Trinajstić information content (AvgIpc) is 2.78. The molecule has 5 nitrogen and oxygen atoms in total. The lowest BCUT2D eigenvalue weighted by atomic mass is 10.1. The number of aromatic amines is 1. The molecule has 1 heterocycles. The molecule has 0 atom stereocenters. The Kier molecular flexibility index (Phi) is 6.26. The highest BCUT2D eigenvalue weighted by molar-refractivity contribution is 6.50. The minimum atomic E-state index is -0.287. The predicted octanol–water partition coefficient (Wildman–Crippen LogP) is 5.90. The highest BCUT2D eigenvalue weighted by Crippen LogP contribution is 2.31. The number of aromatic nitrogens is 2. The van der Waals surface area contributed by atoms with Crippen LogP contribution in [0.25, 0.3) is 22.0 Å². The first kappa shape index (κ1) is 21.0. The minimum Gasteiger partial charge on any atom is -0.493 e. The number of nitrogens with zero attached hydrogens (tertiary/aromatic N) is 1. The highest BCUT2D eigenvalue weighted by Gasteiger charge is 2.10. The van der Waals surface area contributed by atoms with Crippen molar-refractivity contribution in [2.24, 2.45) is 0 Å². The van der Waals surface area contributed by atoms with Gasteiger partial charge in [-0.2, -0.15) is 0 Å². The molecule has 0 fully saturated rings. The first-order valence-corrected chi connectivity index (χ1v) is 10.2. The molecule has 7 heteroatoms. The Morgan fingerprint density at radius 1 is 1.06 bits per heavy atom. The number of halogens is 2. The normalized spacial score (nSPS) is 11.5. The lowest BCUT2D eigenvalue weighted by Gasteiger charge is -2.11. The van der Waals surface area contributed by atoms with E-state index in [-0.39, 0.29) is 16.4 Å². The van der Waals surface area contributed by atoms with E-state index in [1.807, 2.05) is 42.5 Å². The molecule has 3 aromatic carbocycles. The molecule has 0 spiro atoms. The van der Waals surface area contributed by atoms with Gasteiger partial charge in [-0.1, -0.05) is 59.6 Å². The molecule has 1 aromatic heterocycles. The van der Waals surface area contributed by atoms with Crippen molar-refractivity contribution in [2.45, 2.75) is 6.61 Å². The maximum absolute atomic E-state index is 12.3. The van der Waals surface area contributed by atoms with Gasteiger partial charge in [-0.15, -0.1) is 0 Å². The van der Waals surface area contributed by atoms with Crippen molar-refractivity contribution < 1.29 is 9.47 Å². The number of hydrogen-bond acceptors (Lipinski definition) is 4. The maximum atomic E-state index is 12.3. The van der Waals surface area contributed by atoms with Gasteiger partial charge in [-0.3, -0.25) is 4.79 Å². The maximum Gasteiger partial charge on any atom is 0.259 e. The summed E-state index contributed by atoms with van der Waals surface area (Å²) in [7, 11) is 1.58. The molecular formula is C24H18Cl2N2O3. The number of fused-ring (bicyclic) bond motifs is 1. The summed E-state index contributed by atoms with van der Waals surface area (Å²) in [6, 6.07) is 20.2. The zero-order valence-corrected chi connectivity index (χ0v) is 18.1. The molecule has 4 aromatic rings. The molecule has 0 aliphatic rings. The average molecular weight is 453 g/mol. The lowest BCUT2D eigenvalue weighted by Crippen LogP contribution is -2.10. The molecule has 156 valence electrons. The topological polar surface area (TPSA) is 64.2 Å². The third kappa shape index (κ3) is 4.90. The number of H-pyrrole nitrogens is 1. The monoisotopic (exact) mass is 452 g/mol. The first-order chi connectivity index (χ1) is 15.0. The van der Waals surface area contributed by atoms with Crippen molar-refractivity contribution in [2.75, 3.05) is 7.11 Å². The highest BCUT2D eigenvalue weighted by atomic mass is 35.5. The van der Waals surface area contributed by atoms with Gasteiger partial charge < -0.3 is 14.5 Å². The van der Waals surface area contributed by atoms with Crippen molar-refractivity contribution in [3.05, 3.63) is 99.1 Å². The summed E-state index contributed by atoms with van der Waals surface area (Å²) >= 11 is 12.5. The minimum absolute atomic E-state index is 0.254. The van der Waals surface area contributed by atoms with Crippen molar-refractivity contribution >= 4 is 45.2 Å². The Morgan fingerprint density at radius 2 is 1.87 bits per heavy atom. The largest absolute Gasteiger partial charge is 0.493 e. The molecule has 0 unspecified atom stereocenters. The van der Waals surface area contributed by atoms with E-state index in [2.05, 4.69) is 9.97 Å². The van der Waals surface area contributed by atoms with Crippen molar-refractivity contribution in [1.29, 1.82) is 0 Å². The third-order valence-corrected chi connectivity index (χ3v) is 5.14. The van der Waals surface area contributed by atoms with Crippen LogP contribution in [0.4, 0.5) is 0 Å². The van der Waals surface area contributed by atoms with Crippen LogP contribution in [0, 0.1) is 0 Å². The van der Waals surface area contributed by atoms with Crippen LogP contribution in [0.3, 0.4) is 0 Å². The van der Waals surface area contributed by atoms with E-state index in [0.29, 0.717) is 34.0 Å². The van der Waals surface area contributed by atoms with Crippen LogP contribution in [0.15, 0.2) is 71.5 Å². The van der Waals surface area contributed by atoms with Crippen molar-refractivity contribution in [3.8, 4) is 11.5 Å². The molecular weight excluding hydrogens is 435 g/mol. The summed E-state index contributed by atoms with van der Waals surface area (Å²) in [6.07, 6.45) is 1.69. The summed E-state index contributed by atoms with van der Waals surface area (Å²) in [6.45, 7) is 0.429. The number of hydrogen-bond donors (Lipinski definition) is 1. The molecule has 0 bridgehead atoms. The van der Waals surface area contributed by atoms with E-state index < -0.39 is 0 Å². The molecule has 4 rings (SSSR count). The Labute approximate surface area is 188 Å². The quantitative estimate of drug-likeness (QED) is 0.395. The van der Waals surface area contributed by atoms with E-state index in [4.69, 9.17) is 32.7 Å². The lowest BCUT2D eigenvalue weighted by molar-refractivity contribution is 0.284. The van der Waals surface area contributed by atoms with Crippen LogP contribution in [0.2, 0.25) is 5.02 Å². The Morgan fingerprint density at radius 3 is 2.65 bits per heavy atom. The summed E-state index contributed by atoms with van der Waals surface area (Å²) in [4.78, 5) is 19.5. The molecule has 0 radical (unpaired) electrons. The second-order valence-corrected chi connectivity index (χ2v) is 7.60. The second-order valence-electron chi connectivity index (χ2n) is 6.75. The van der Waals surface area contributed by atoms with Gasteiger partial charge in [0.2, 0.25) is 0 Å². The van der Waals surface area contributed by atoms with Gasteiger partial charge in [0.15, 0.2) is 17.3 Å². The van der Waals surface area contributed by atoms with Gasteiger partial charge in [-0.05, 0) is 47.5 Å². The molecule has 31 heavy (non-hydrogen) atoms. The van der Waals surface area contributed by atoms with E-state index in [9.17, 15) is 4.79 Å². The fraction of sp³-hybridized carbons (Fsp3) is 0.0833. The van der Waals surface area contributed by atoms with Gasteiger partial charge in [-0.25, -0.2) is 4.98 Å². The SMILES string of the molecule is COc1cc(/C=C(\Cl)c2nc3cc(Cl)ccc3c(=O)[nH]2)ccc1OCc1ccccc1. The summed E-state index contributed by atoms with van der Waals surface area (Å²) < 4.78 is 11.3. The van der Waals surface area contributed by atoms with Crippen LogP contribution in [-0.4, -0.2) is 17.1 Å². The number of benzene rings is 3. The third-order valence-electron chi connectivity index (χ3n) is 4.61. The van der Waals surface area contributed by atoms with Crippen LogP contribution in [-0.2, 0) is 6.61 Å². The second kappa shape index (κ2) is 9.25. The zero-order chi connectivity index (χ0) is 21.8. The molecule has 0 saturated carbocycles. The van der Waals surface area contributed by atoms with E-state index in [1.165, 1.54) is 0 Å². The summed E-state index contributed by atoms with van der Waals surface area (Å²) in [5.74, 6) is 1.44. The predicted molar refractivity (Wildman–Crippen MR) is 125 cm³/mol. The zero-order valence-electron chi connectivity index (χ0n) is 16.6. The van der Waals surface area contributed by atoms with Crippen molar-refractivity contribution in [3.63, 3.8) is 0 Å². The molecule has 0 aliphatic heterocycles. The van der Waals surface area contributed by atoms with E-state index in [0.717, 1.165) is 11.1 Å². The number of methoxy groups -OCH3 is 1. The molecule has 0 aliphatic carbocycles. The van der Waals surface area contributed by atoms with Crippen LogP contribution < -0.4 is 15.0 Å². The Hall–Kier alpha value is -3.28. The van der Waals surface area contributed by atoms with Crippen LogP contribution in [0.1, 0.15) is 17.0 Å². The molecule has 0 saturated heterocycles. The van der Waals surface area contributed by atoms with Crippen LogP contribution in [0.5, 0.6) is 11.5 Å². The van der Waals surface area contributed by atoms with E-state index >= 15 is 0 Å². The number of rotatable bonds is 6. The number of ether oxygens (including phenoxy) is 2. The van der Waals surface area contributed by atoms with Crippen molar-refractivity contribution in [1.82, 2.24) is 9.97 Å². The smallest absolute Gasteiger partial charge is 0.259 e. The fourth-order valence-corrected chi connectivity index (χ4v) is 3.45. The first-order valence-electron chi connectivity index (χ1n) is 9.45. The molecule has 0 amide bonds. The fourth-order valence-electron chi connectivity index (χ4n) is 3.07. The number of nitrogens with one attached hydrogen (secondary N) is 1. The summed E-state index contributed by atoms with van der Waals surface area (Å²) in [5.41, 5.74) is 2.01.